The fraction of sp³-hybridized carbons (Fsp3) is 0.208. The van der Waals surface area contributed by atoms with Crippen molar-refractivity contribution in [3.8, 4) is 11.5 Å². The summed E-state index contributed by atoms with van der Waals surface area (Å²) in [6.07, 6.45) is 7.12. The number of fused-ring (bicyclic) bond motifs is 1. The molecule has 1 aliphatic rings. The number of allylic oxidation sites excluding steroid dienone is 2. The Balaban J connectivity index is 1.41. The number of H-pyrrole nitrogens is 1. The van der Waals surface area contributed by atoms with Crippen LogP contribution < -0.4 is 0 Å². The Morgan fingerprint density at radius 3 is 2.70 bits per heavy atom. The number of benzene rings is 2. The monoisotopic (exact) mass is 413 g/mol. The SMILES string of the molecule is C1=NC(CCCn2c(SCc3ccccc3)nnc2-c2cc3ccccc3[nH]2)=CC1. The van der Waals surface area contributed by atoms with E-state index in [2.05, 4.69) is 79.3 Å². The second kappa shape index (κ2) is 8.71. The van der Waals surface area contributed by atoms with Gasteiger partial charge in [-0.05, 0) is 30.5 Å². The third-order valence-corrected chi connectivity index (χ3v) is 6.27. The molecule has 0 amide bonds. The van der Waals surface area contributed by atoms with Crippen LogP contribution in [-0.2, 0) is 12.3 Å². The van der Waals surface area contributed by atoms with E-state index in [1.54, 1.807) is 11.8 Å². The van der Waals surface area contributed by atoms with Crippen molar-refractivity contribution in [2.75, 3.05) is 0 Å². The number of rotatable bonds is 8. The fourth-order valence-corrected chi connectivity index (χ4v) is 4.63. The van der Waals surface area contributed by atoms with E-state index in [4.69, 9.17) is 0 Å². The van der Waals surface area contributed by atoms with Crippen molar-refractivity contribution in [2.45, 2.75) is 36.7 Å². The van der Waals surface area contributed by atoms with Crippen molar-refractivity contribution in [1.29, 1.82) is 0 Å². The van der Waals surface area contributed by atoms with Crippen molar-refractivity contribution < 1.29 is 0 Å². The number of hydrogen-bond donors (Lipinski definition) is 1. The van der Waals surface area contributed by atoms with Gasteiger partial charge in [0, 0.05) is 41.5 Å². The topological polar surface area (TPSA) is 58.9 Å². The van der Waals surface area contributed by atoms with Crippen LogP contribution >= 0.6 is 11.8 Å². The van der Waals surface area contributed by atoms with Crippen LogP contribution in [0.2, 0.25) is 0 Å². The van der Waals surface area contributed by atoms with Crippen LogP contribution in [-0.4, -0.2) is 26.0 Å². The van der Waals surface area contributed by atoms with E-state index in [9.17, 15) is 0 Å². The lowest BCUT2D eigenvalue weighted by molar-refractivity contribution is 0.596. The number of thioether (sulfide) groups is 1. The number of aromatic amines is 1. The number of nitrogens with one attached hydrogen (secondary N) is 1. The lowest BCUT2D eigenvalue weighted by Gasteiger charge is -2.09. The second-order valence-electron chi connectivity index (χ2n) is 7.35. The van der Waals surface area contributed by atoms with E-state index >= 15 is 0 Å². The number of para-hydroxylation sites is 1. The molecule has 0 fully saturated rings. The van der Waals surface area contributed by atoms with Crippen LogP contribution in [0.3, 0.4) is 0 Å². The highest BCUT2D eigenvalue weighted by Gasteiger charge is 2.16. The summed E-state index contributed by atoms with van der Waals surface area (Å²) in [5, 5.41) is 11.2. The summed E-state index contributed by atoms with van der Waals surface area (Å²) in [5.74, 6) is 1.77. The van der Waals surface area contributed by atoms with Gasteiger partial charge in [-0.1, -0.05) is 66.4 Å². The maximum atomic E-state index is 4.56. The van der Waals surface area contributed by atoms with Gasteiger partial charge in [0.2, 0.25) is 0 Å². The molecule has 30 heavy (non-hydrogen) atoms. The second-order valence-corrected chi connectivity index (χ2v) is 8.29. The van der Waals surface area contributed by atoms with Crippen LogP contribution in [0.4, 0.5) is 0 Å². The third kappa shape index (κ3) is 4.09. The molecule has 0 atom stereocenters. The first-order valence-electron chi connectivity index (χ1n) is 10.3. The maximum absolute atomic E-state index is 4.56. The van der Waals surface area contributed by atoms with Crippen LogP contribution in [0, 0.1) is 0 Å². The van der Waals surface area contributed by atoms with E-state index in [-0.39, 0.29) is 0 Å². The molecule has 2 aromatic heterocycles. The average Bonchev–Trinajstić information content (AvgIpc) is 3.52. The molecule has 0 saturated heterocycles. The van der Waals surface area contributed by atoms with Crippen molar-refractivity contribution >= 4 is 28.9 Å². The van der Waals surface area contributed by atoms with Crippen LogP contribution in [0.1, 0.15) is 24.8 Å². The van der Waals surface area contributed by atoms with Gasteiger partial charge in [0.05, 0.1) is 5.69 Å². The Kier molecular flexibility index (Phi) is 5.48. The Bertz CT molecular complexity index is 1170. The van der Waals surface area contributed by atoms with E-state index in [1.807, 2.05) is 18.3 Å². The largest absolute Gasteiger partial charge is 0.352 e. The normalized spacial score (nSPS) is 13.3. The quantitative estimate of drug-likeness (QED) is 0.368. The Labute approximate surface area is 180 Å². The van der Waals surface area contributed by atoms with E-state index < -0.39 is 0 Å². The van der Waals surface area contributed by atoms with Crippen molar-refractivity contribution in [2.24, 2.45) is 4.99 Å². The summed E-state index contributed by atoms with van der Waals surface area (Å²) >= 11 is 1.74. The number of nitrogens with zero attached hydrogens (tertiary/aromatic N) is 4. The van der Waals surface area contributed by atoms with Crippen LogP contribution in [0.5, 0.6) is 0 Å². The van der Waals surface area contributed by atoms with Gasteiger partial charge in [-0.15, -0.1) is 10.2 Å². The summed E-state index contributed by atoms with van der Waals surface area (Å²) in [5.41, 5.74) is 4.60. The molecule has 0 aliphatic carbocycles. The predicted molar refractivity (Wildman–Crippen MR) is 124 cm³/mol. The third-order valence-electron chi connectivity index (χ3n) is 5.23. The Morgan fingerprint density at radius 1 is 1.00 bits per heavy atom. The molecule has 4 aromatic rings. The number of aromatic nitrogens is 4. The zero-order valence-corrected chi connectivity index (χ0v) is 17.5. The highest BCUT2D eigenvalue weighted by Crippen LogP contribution is 2.29. The smallest absolute Gasteiger partial charge is 0.191 e. The molecular formula is C24H23N5S. The van der Waals surface area contributed by atoms with Gasteiger partial charge < -0.3 is 9.55 Å². The minimum absolute atomic E-state index is 0.863. The zero-order chi connectivity index (χ0) is 20.2. The maximum Gasteiger partial charge on any atom is 0.191 e. The van der Waals surface area contributed by atoms with Crippen molar-refractivity contribution in [1.82, 2.24) is 19.7 Å². The van der Waals surface area contributed by atoms with E-state index in [0.717, 1.165) is 53.8 Å². The first-order valence-corrected chi connectivity index (χ1v) is 11.2. The lowest BCUT2D eigenvalue weighted by Crippen LogP contribution is -2.03. The van der Waals surface area contributed by atoms with E-state index in [1.165, 1.54) is 16.6 Å². The average molecular weight is 414 g/mol. The molecule has 1 N–H and O–H groups in total. The lowest BCUT2D eigenvalue weighted by atomic mass is 10.2. The van der Waals surface area contributed by atoms with E-state index in [0.29, 0.717) is 0 Å². The molecule has 0 bridgehead atoms. The summed E-state index contributed by atoms with van der Waals surface area (Å²) < 4.78 is 2.25. The number of aliphatic imine (C=N–C) groups is 1. The van der Waals surface area contributed by atoms with Gasteiger partial charge in [-0.3, -0.25) is 4.99 Å². The minimum atomic E-state index is 0.863. The van der Waals surface area contributed by atoms with Crippen LogP contribution in [0.25, 0.3) is 22.4 Å². The van der Waals surface area contributed by atoms with Gasteiger partial charge in [0.15, 0.2) is 11.0 Å². The highest BCUT2D eigenvalue weighted by molar-refractivity contribution is 7.98. The highest BCUT2D eigenvalue weighted by atomic mass is 32.2. The van der Waals surface area contributed by atoms with Crippen LogP contribution in [0.15, 0.2) is 82.6 Å². The van der Waals surface area contributed by atoms with Gasteiger partial charge >= 0.3 is 0 Å². The molecule has 150 valence electrons. The Hall–Kier alpha value is -3.12. The first kappa shape index (κ1) is 18.9. The molecule has 5 rings (SSSR count). The molecule has 6 heteroatoms. The Morgan fingerprint density at radius 2 is 1.87 bits per heavy atom. The molecular weight excluding hydrogens is 390 g/mol. The van der Waals surface area contributed by atoms with Gasteiger partial charge in [-0.25, -0.2) is 0 Å². The molecule has 0 spiro atoms. The van der Waals surface area contributed by atoms with Crippen molar-refractivity contribution in [3.05, 3.63) is 78.0 Å². The van der Waals surface area contributed by atoms with Gasteiger partial charge in [0.25, 0.3) is 0 Å². The van der Waals surface area contributed by atoms with Gasteiger partial charge in [-0.2, -0.15) is 0 Å². The molecule has 0 saturated carbocycles. The summed E-state index contributed by atoms with van der Waals surface area (Å²) in [7, 11) is 0. The summed E-state index contributed by atoms with van der Waals surface area (Å²) in [4.78, 5) is 7.95. The molecule has 0 unspecified atom stereocenters. The first-order chi connectivity index (χ1) is 14.9. The number of hydrogen-bond acceptors (Lipinski definition) is 4. The van der Waals surface area contributed by atoms with Crippen molar-refractivity contribution in [3.63, 3.8) is 0 Å². The molecule has 3 heterocycles. The molecule has 1 aliphatic heterocycles. The minimum Gasteiger partial charge on any atom is -0.352 e. The standard InChI is InChI=1S/C24H23N5S/c1-2-8-18(9-3-1)17-30-24-28-27-23(22-16-19-10-4-5-13-21(19)26-22)29(24)15-7-12-20-11-6-14-25-20/h1-5,8-11,13-14,16,26H,6-7,12,15,17H2. The molecule has 2 aromatic carbocycles. The fourth-order valence-electron chi connectivity index (χ4n) is 3.71. The molecule has 5 nitrogen and oxygen atoms in total. The summed E-state index contributed by atoms with van der Waals surface area (Å²) in [6, 6.07) is 21.0. The molecule has 0 radical (unpaired) electrons. The summed E-state index contributed by atoms with van der Waals surface area (Å²) in [6.45, 7) is 0.863. The zero-order valence-electron chi connectivity index (χ0n) is 16.7. The predicted octanol–water partition coefficient (Wildman–Crippen LogP) is 5.86. The van der Waals surface area contributed by atoms with Gasteiger partial charge in [0.1, 0.15) is 0 Å².